The van der Waals surface area contributed by atoms with Crippen LogP contribution in [0.1, 0.15) is 37.7 Å². The second-order valence-electron chi connectivity index (χ2n) is 3.41. The van der Waals surface area contributed by atoms with Crippen LogP contribution in [-0.2, 0) is 6.42 Å². The summed E-state index contributed by atoms with van der Waals surface area (Å²) in [6.45, 7) is 4.13. The van der Waals surface area contributed by atoms with Crippen LogP contribution in [0.4, 0.5) is 5.82 Å². The van der Waals surface area contributed by atoms with Crippen LogP contribution >= 0.6 is 0 Å². The topological polar surface area (TPSA) is 63.8 Å². The smallest absolute Gasteiger partial charge is 0.143 e. The molecule has 0 saturated heterocycles. The van der Waals surface area contributed by atoms with Crippen LogP contribution < -0.4 is 11.3 Å². The predicted octanol–water partition coefficient (Wildman–Crippen LogP) is 1.80. The SMILES string of the molecule is CCCCCc1nc(C)cc(NN)n1. The van der Waals surface area contributed by atoms with Crippen LogP contribution in [0.5, 0.6) is 0 Å². The summed E-state index contributed by atoms with van der Waals surface area (Å²) in [5.74, 6) is 6.88. The van der Waals surface area contributed by atoms with Crippen molar-refractivity contribution in [2.45, 2.75) is 39.5 Å². The van der Waals surface area contributed by atoms with Crippen LogP contribution in [0.3, 0.4) is 0 Å². The van der Waals surface area contributed by atoms with E-state index in [1.54, 1.807) is 0 Å². The Morgan fingerprint density at radius 3 is 2.79 bits per heavy atom. The lowest BCUT2D eigenvalue weighted by atomic mass is 10.2. The molecular formula is C10H18N4. The van der Waals surface area contributed by atoms with E-state index in [2.05, 4.69) is 22.3 Å². The van der Waals surface area contributed by atoms with E-state index in [0.29, 0.717) is 5.82 Å². The van der Waals surface area contributed by atoms with E-state index in [0.717, 1.165) is 24.4 Å². The van der Waals surface area contributed by atoms with Crippen molar-refractivity contribution in [2.75, 3.05) is 5.43 Å². The molecule has 0 radical (unpaired) electrons. The Balaban J connectivity index is 2.62. The quantitative estimate of drug-likeness (QED) is 0.426. The molecule has 1 heterocycles. The third-order valence-electron chi connectivity index (χ3n) is 2.05. The Hall–Kier alpha value is -1.16. The number of hydrogen-bond acceptors (Lipinski definition) is 4. The van der Waals surface area contributed by atoms with Crippen molar-refractivity contribution in [1.29, 1.82) is 0 Å². The van der Waals surface area contributed by atoms with Crippen molar-refractivity contribution in [3.63, 3.8) is 0 Å². The van der Waals surface area contributed by atoms with E-state index in [1.165, 1.54) is 12.8 Å². The fourth-order valence-electron chi connectivity index (χ4n) is 1.35. The van der Waals surface area contributed by atoms with Gasteiger partial charge < -0.3 is 5.43 Å². The van der Waals surface area contributed by atoms with Gasteiger partial charge in [-0.3, -0.25) is 0 Å². The molecule has 0 saturated carbocycles. The molecule has 1 aromatic heterocycles. The van der Waals surface area contributed by atoms with E-state index in [1.807, 2.05) is 13.0 Å². The van der Waals surface area contributed by atoms with Crippen LogP contribution in [0.15, 0.2) is 6.07 Å². The van der Waals surface area contributed by atoms with Crippen LogP contribution in [-0.4, -0.2) is 9.97 Å². The number of unbranched alkanes of at least 4 members (excludes halogenated alkanes) is 2. The van der Waals surface area contributed by atoms with Crippen molar-refractivity contribution in [3.8, 4) is 0 Å². The molecule has 0 aliphatic rings. The van der Waals surface area contributed by atoms with Gasteiger partial charge in [0, 0.05) is 18.2 Å². The van der Waals surface area contributed by atoms with E-state index in [-0.39, 0.29) is 0 Å². The molecule has 4 heteroatoms. The van der Waals surface area contributed by atoms with Gasteiger partial charge in [-0.15, -0.1) is 0 Å². The van der Waals surface area contributed by atoms with E-state index < -0.39 is 0 Å². The monoisotopic (exact) mass is 194 g/mol. The zero-order valence-electron chi connectivity index (χ0n) is 8.88. The Bertz CT molecular complexity index is 285. The summed E-state index contributed by atoms with van der Waals surface area (Å²) in [5, 5.41) is 0. The summed E-state index contributed by atoms with van der Waals surface area (Å²) in [7, 11) is 0. The maximum atomic E-state index is 5.30. The molecule has 1 rings (SSSR count). The number of anilines is 1. The summed E-state index contributed by atoms with van der Waals surface area (Å²) in [6.07, 6.45) is 4.52. The second kappa shape index (κ2) is 5.54. The number of nitrogens with zero attached hydrogens (tertiary/aromatic N) is 2. The number of aryl methyl sites for hydroxylation is 2. The van der Waals surface area contributed by atoms with Crippen molar-refractivity contribution >= 4 is 5.82 Å². The summed E-state index contributed by atoms with van der Waals surface area (Å²) in [6, 6.07) is 1.84. The highest BCUT2D eigenvalue weighted by Crippen LogP contribution is 2.07. The molecular weight excluding hydrogens is 176 g/mol. The van der Waals surface area contributed by atoms with E-state index >= 15 is 0 Å². The summed E-state index contributed by atoms with van der Waals surface area (Å²) < 4.78 is 0. The minimum absolute atomic E-state index is 0.698. The van der Waals surface area contributed by atoms with Gasteiger partial charge in [0.05, 0.1) is 0 Å². The van der Waals surface area contributed by atoms with Crippen molar-refractivity contribution in [1.82, 2.24) is 9.97 Å². The Morgan fingerprint density at radius 2 is 2.14 bits per heavy atom. The van der Waals surface area contributed by atoms with Crippen molar-refractivity contribution < 1.29 is 0 Å². The first-order chi connectivity index (χ1) is 6.76. The van der Waals surface area contributed by atoms with Crippen molar-refractivity contribution in [3.05, 3.63) is 17.6 Å². The Kier molecular flexibility index (Phi) is 4.32. The number of nitrogen functional groups attached to an aromatic ring is 1. The largest absolute Gasteiger partial charge is 0.308 e. The average molecular weight is 194 g/mol. The molecule has 78 valence electrons. The third-order valence-corrected chi connectivity index (χ3v) is 2.05. The first-order valence-corrected chi connectivity index (χ1v) is 5.07. The molecule has 0 aliphatic carbocycles. The number of hydrogen-bond donors (Lipinski definition) is 2. The predicted molar refractivity (Wildman–Crippen MR) is 57.8 cm³/mol. The zero-order valence-corrected chi connectivity index (χ0v) is 8.88. The second-order valence-corrected chi connectivity index (χ2v) is 3.41. The highest BCUT2D eigenvalue weighted by Gasteiger charge is 2.00. The molecule has 3 N–H and O–H groups in total. The fourth-order valence-corrected chi connectivity index (χ4v) is 1.35. The third kappa shape index (κ3) is 3.30. The zero-order chi connectivity index (χ0) is 10.4. The Morgan fingerprint density at radius 1 is 1.36 bits per heavy atom. The lowest BCUT2D eigenvalue weighted by Crippen LogP contribution is -2.11. The average Bonchev–Trinajstić information content (AvgIpc) is 2.17. The highest BCUT2D eigenvalue weighted by molar-refractivity contribution is 5.33. The molecule has 0 fully saturated rings. The van der Waals surface area contributed by atoms with Crippen LogP contribution in [0.2, 0.25) is 0 Å². The summed E-state index contributed by atoms with van der Waals surface area (Å²) in [5.41, 5.74) is 3.51. The van der Waals surface area contributed by atoms with Gasteiger partial charge in [-0.2, -0.15) is 0 Å². The molecule has 14 heavy (non-hydrogen) atoms. The van der Waals surface area contributed by atoms with Gasteiger partial charge in [0.15, 0.2) is 0 Å². The number of aromatic nitrogens is 2. The van der Waals surface area contributed by atoms with Crippen LogP contribution in [0.25, 0.3) is 0 Å². The number of nitrogens with two attached hydrogens (primary N) is 1. The van der Waals surface area contributed by atoms with Gasteiger partial charge in [0.1, 0.15) is 11.6 Å². The fraction of sp³-hybridized carbons (Fsp3) is 0.600. The lowest BCUT2D eigenvalue weighted by Gasteiger charge is -2.04. The van der Waals surface area contributed by atoms with Gasteiger partial charge in [-0.1, -0.05) is 19.8 Å². The molecule has 0 atom stereocenters. The molecule has 4 nitrogen and oxygen atoms in total. The maximum Gasteiger partial charge on any atom is 0.143 e. The van der Waals surface area contributed by atoms with Crippen molar-refractivity contribution in [2.24, 2.45) is 5.84 Å². The molecule has 0 aliphatic heterocycles. The molecule has 0 aromatic carbocycles. The highest BCUT2D eigenvalue weighted by atomic mass is 15.3. The molecule has 1 aromatic rings. The Labute approximate surface area is 84.9 Å². The van der Waals surface area contributed by atoms with Gasteiger partial charge >= 0.3 is 0 Å². The van der Waals surface area contributed by atoms with Gasteiger partial charge in [0.2, 0.25) is 0 Å². The molecule has 0 unspecified atom stereocenters. The minimum Gasteiger partial charge on any atom is -0.308 e. The standard InChI is InChI=1S/C10H18N4/c1-3-4-5-6-9-12-8(2)7-10(13-9)14-11/h7H,3-6,11H2,1-2H3,(H,12,13,14). The summed E-state index contributed by atoms with van der Waals surface area (Å²) >= 11 is 0. The number of hydrazine groups is 1. The summed E-state index contributed by atoms with van der Waals surface area (Å²) in [4.78, 5) is 8.62. The van der Waals surface area contributed by atoms with E-state index in [4.69, 9.17) is 5.84 Å². The molecule has 0 amide bonds. The number of nitrogens with one attached hydrogen (secondary N) is 1. The maximum absolute atomic E-state index is 5.30. The first kappa shape index (κ1) is 10.9. The number of rotatable bonds is 5. The van der Waals surface area contributed by atoms with E-state index in [9.17, 15) is 0 Å². The normalized spacial score (nSPS) is 10.2. The van der Waals surface area contributed by atoms with Gasteiger partial charge in [0.25, 0.3) is 0 Å². The molecule has 0 bridgehead atoms. The first-order valence-electron chi connectivity index (χ1n) is 5.07. The van der Waals surface area contributed by atoms with Gasteiger partial charge in [-0.05, 0) is 13.3 Å². The minimum atomic E-state index is 0.698. The lowest BCUT2D eigenvalue weighted by molar-refractivity contribution is 0.692. The molecule has 0 spiro atoms. The van der Waals surface area contributed by atoms with Crippen LogP contribution in [0, 0.1) is 6.92 Å². The van der Waals surface area contributed by atoms with Gasteiger partial charge in [-0.25, -0.2) is 15.8 Å².